The normalized spacial score (nSPS) is 15.8. The van der Waals surface area contributed by atoms with Gasteiger partial charge in [0.05, 0.1) is 5.25 Å². The summed E-state index contributed by atoms with van der Waals surface area (Å²) >= 11 is 1.40. The first-order chi connectivity index (χ1) is 15.0. The molecule has 1 amide bonds. The molecule has 0 spiro atoms. The van der Waals surface area contributed by atoms with Gasteiger partial charge < -0.3 is 9.47 Å². The molecule has 4 rings (SSSR count). The van der Waals surface area contributed by atoms with Crippen LogP contribution in [0.1, 0.15) is 12.5 Å². The van der Waals surface area contributed by atoms with Crippen LogP contribution in [-0.2, 0) is 18.4 Å². The molecule has 2 heterocycles. The van der Waals surface area contributed by atoms with E-state index < -0.39 is 0 Å². The Hall–Kier alpha value is -2.71. The molecule has 2 aromatic carbocycles. The third kappa shape index (κ3) is 5.14. The third-order valence-corrected chi connectivity index (χ3v) is 6.62. The van der Waals surface area contributed by atoms with Crippen molar-refractivity contribution >= 4 is 17.7 Å². The van der Waals surface area contributed by atoms with Crippen molar-refractivity contribution < 1.29 is 9.18 Å². The van der Waals surface area contributed by atoms with Gasteiger partial charge in [0, 0.05) is 45.3 Å². The van der Waals surface area contributed by atoms with Gasteiger partial charge in [-0.2, -0.15) is 0 Å². The van der Waals surface area contributed by atoms with Crippen LogP contribution in [0.2, 0.25) is 0 Å². The fourth-order valence-electron chi connectivity index (χ4n) is 3.70. The van der Waals surface area contributed by atoms with Gasteiger partial charge in [-0.15, -0.1) is 10.2 Å². The van der Waals surface area contributed by atoms with Crippen molar-refractivity contribution in [1.82, 2.24) is 24.6 Å². The Bertz CT molecular complexity index is 1020. The lowest BCUT2D eigenvalue weighted by Gasteiger charge is -2.35. The minimum atomic E-state index is -0.288. The second-order valence-electron chi connectivity index (χ2n) is 7.72. The van der Waals surface area contributed by atoms with Crippen LogP contribution < -0.4 is 0 Å². The first-order valence-corrected chi connectivity index (χ1v) is 11.3. The Morgan fingerprint density at radius 3 is 2.39 bits per heavy atom. The number of carbonyl (C=O) groups excluding carboxylic acids is 1. The molecule has 1 aliphatic heterocycles. The Balaban J connectivity index is 1.32. The van der Waals surface area contributed by atoms with E-state index in [9.17, 15) is 9.18 Å². The summed E-state index contributed by atoms with van der Waals surface area (Å²) < 4.78 is 15.0. The summed E-state index contributed by atoms with van der Waals surface area (Å²) in [6.07, 6.45) is 0. The van der Waals surface area contributed by atoms with Crippen LogP contribution in [0.15, 0.2) is 59.8 Å². The molecule has 1 fully saturated rings. The SMILES string of the molecule is C[C@@H](Sc1nnc(-c2ccc(F)cc2)n1C)C(=O)N1CCN(Cc2ccccc2)CC1. The van der Waals surface area contributed by atoms with E-state index in [0.717, 1.165) is 38.3 Å². The Morgan fingerprint density at radius 2 is 1.71 bits per heavy atom. The number of hydrogen-bond acceptors (Lipinski definition) is 5. The summed E-state index contributed by atoms with van der Waals surface area (Å²) in [6, 6.07) is 16.6. The van der Waals surface area contributed by atoms with Crippen LogP contribution >= 0.6 is 11.8 Å². The van der Waals surface area contributed by atoms with Crippen LogP contribution in [0, 0.1) is 5.82 Å². The Labute approximate surface area is 186 Å². The zero-order chi connectivity index (χ0) is 21.8. The summed E-state index contributed by atoms with van der Waals surface area (Å²) in [5.41, 5.74) is 2.09. The van der Waals surface area contributed by atoms with Crippen molar-refractivity contribution in [3.05, 3.63) is 66.0 Å². The number of thioether (sulfide) groups is 1. The smallest absolute Gasteiger partial charge is 0.235 e. The van der Waals surface area contributed by atoms with E-state index in [-0.39, 0.29) is 17.0 Å². The van der Waals surface area contributed by atoms with Gasteiger partial charge in [0.2, 0.25) is 5.91 Å². The molecule has 1 atom stereocenters. The molecule has 0 aliphatic carbocycles. The monoisotopic (exact) mass is 439 g/mol. The average molecular weight is 440 g/mol. The zero-order valence-corrected chi connectivity index (χ0v) is 18.6. The molecular weight excluding hydrogens is 413 g/mol. The van der Waals surface area contributed by atoms with Crippen molar-refractivity contribution in [1.29, 1.82) is 0 Å². The summed E-state index contributed by atoms with van der Waals surface area (Å²) in [5, 5.41) is 8.88. The molecule has 3 aromatic rings. The standard InChI is InChI=1S/C23H26FN5OS/c1-17(31-23-26-25-21(27(23)2)19-8-10-20(24)11-9-19)22(30)29-14-12-28(13-15-29)16-18-6-4-3-5-7-18/h3-11,17H,12-16H2,1-2H3/t17-/m1/s1. The van der Waals surface area contributed by atoms with Crippen LogP contribution in [0.25, 0.3) is 11.4 Å². The number of piperazine rings is 1. The largest absolute Gasteiger partial charge is 0.339 e. The fraction of sp³-hybridized carbons (Fsp3) is 0.348. The molecular formula is C23H26FN5OS. The summed E-state index contributed by atoms with van der Waals surface area (Å²) in [7, 11) is 1.86. The van der Waals surface area contributed by atoms with Gasteiger partial charge in [-0.25, -0.2) is 4.39 Å². The second-order valence-corrected chi connectivity index (χ2v) is 9.03. The number of amides is 1. The predicted molar refractivity (Wildman–Crippen MR) is 120 cm³/mol. The van der Waals surface area contributed by atoms with E-state index in [1.807, 2.05) is 29.5 Å². The second kappa shape index (κ2) is 9.62. The van der Waals surface area contributed by atoms with Crippen LogP contribution in [0.3, 0.4) is 0 Å². The van der Waals surface area contributed by atoms with Crippen molar-refractivity contribution in [2.75, 3.05) is 26.2 Å². The van der Waals surface area contributed by atoms with Crippen molar-refractivity contribution in [2.45, 2.75) is 23.9 Å². The van der Waals surface area contributed by atoms with Crippen LogP contribution in [0.5, 0.6) is 0 Å². The third-order valence-electron chi connectivity index (χ3n) is 5.50. The highest BCUT2D eigenvalue weighted by atomic mass is 32.2. The summed E-state index contributed by atoms with van der Waals surface area (Å²) in [5.74, 6) is 0.482. The molecule has 0 radical (unpaired) electrons. The van der Waals surface area contributed by atoms with Crippen LogP contribution in [0.4, 0.5) is 4.39 Å². The molecule has 0 unspecified atom stereocenters. The minimum absolute atomic E-state index is 0.121. The van der Waals surface area contributed by atoms with E-state index in [4.69, 9.17) is 0 Å². The van der Waals surface area contributed by atoms with E-state index in [1.54, 1.807) is 12.1 Å². The van der Waals surface area contributed by atoms with Gasteiger partial charge in [0.15, 0.2) is 11.0 Å². The molecule has 1 saturated heterocycles. The number of aromatic nitrogens is 3. The quantitative estimate of drug-likeness (QED) is 0.551. The first-order valence-electron chi connectivity index (χ1n) is 10.4. The number of benzene rings is 2. The van der Waals surface area contributed by atoms with Gasteiger partial charge in [-0.3, -0.25) is 9.69 Å². The zero-order valence-electron chi connectivity index (χ0n) is 17.7. The van der Waals surface area contributed by atoms with E-state index in [1.165, 1.54) is 29.5 Å². The highest BCUT2D eigenvalue weighted by Crippen LogP contribution is 2.27. The molecule has 1 aliphatic rings. The molecule has 31 heavy (non-hydrogen) atoms. The number of rotatable bonds is 6. The number of halogens is 1. The Kier molecular flexibility index (Phi) is 6.67. The van der Waals surface area contributed by atoms with E-state index in [2.05, 4.69) is 39.4 Å². The molecule has 1 aromatic heterocycles. The topological polar surface area (TPSA) is 54.3 Å². The maximum atomic E-state index is 13.2. The number of nitrogens with zero attached hydrogens (tertiary/aromatic N) is 5. The van der Waals surface area contributed by atoms with Gasteiger partial charge in [-0.1, -0.05) is 42.1 Å². The van der Waals surface area contributed by atoms with Gasteiger partial charge >= 0.3 is 0 Å². The van der Waals surface area contributed by atoms with E-state index >= 15 is 0 Å². The predicted octanol–water partition coefficient (Wildman–Crippen LogP) is 3.45. The molecule has 8 heteroatoms. The molecule has 6 nitrogen and oxygen atoms in total. The Morgan fingerprint density at radius 1 is 1.03 bits per heavy atom. The van der Waals surface area contributed by atoms with Crippen molar-refractivity contribution in [2.24, 2.45) is 7.05 Å². The first kappa shape index (κ1) is 21.5. The van der Waals surface area contributed by atoms with Gasteiger partial charge in [0.25, 0.3) is 0 Å². The van der Waals surface area contributed by atoms with Gasteiger partial charge in [0.1, 0.15) is 5.82 Å². The lowest BCUT2D eigenvalue weighted by atomic mass is 10.2. The summed E-state index contributed by atoms with van der Waals surface area (Å²) in [4.78, 5) is 17.3. The van der Waals surface area contributed by atoms with Crippen molar-refractivity contribution in [3.8, 4) is 11.4 Å². The fourth-order valence-corrected chi connectivity index (χ4v) is 4.60. The number of carbonyl (C=O) groups is 1. The van der Waals surface area contributed by atoms with E-state index in [0.29, 0.717) is 11.0 Å². The molecule has 162 valence electrons. The summed E-state index contributed by atoms with van der Waals surface area (Å²) in [6.45, 7) is 6.04. The lowest BCUT2D eigenvalue weighted by Crippen LogP contribution is -2.50. The highest BCUT2D eigenvalue weighted by Gasteiger charge is 2.27. The van der Waals surface area contributed by atoms with Crippen LogP contribution in [-0.4, -0.2) is 61.9 Å². The maximum absolute atomic E-state index is 13.2. The average Bonchev–Trinajstić information content (AvgIpc) is 3.15. The lowest BCUT2D eigenvalue weighted by molar-refractivity contribution is -0.132. The highest BCUT2D eigenvalue weighted by molar-refractivity contribution is 8.00. The van der Waals surface area contributed by atoms with Gasteiger partial charge in [-0.05, 0) is 36.8 Å². The number of hydrogen-bond donors (Lipinski definition) is 0. The maximum Gasteiger partial charge on any atom is 0.235 e. The van der Waals surface area contributed by atoms with Crippen molar-refractivity contribution in [3.63, 3.8) is 0 Å². The molecule has 0 bridgehead atoms. The minimum Gasteiger partial charge on any atom is -0.339 e. The molecule has 0 saturated carbocycles. The molecule has 0 N–H and O–H groups in total.